The molecule has 0 aliphatic heterocycles. The van der Waals surface area contributed by atoms with Crippen molar-refractivity contribution in [2.75, 3.05) is 11.9 Å². The molecule has 0 aliphatic rings. The molecule has 0 saturated heterocycles. The summed E-state index contributed by atoms with van der Waals surface area (Å²) < 4.78 is 8.56. The summed E-state index contributed by atoms with van der Waals surface area (Å²) in [5.41, 5.74) is 5.62. The van der Waals surface area contributed by atoms with Crippen LogP contribution in [0, 0.1) is 27.7 Å². The Morgan fingerprint density at radius 1 is 0.943 bits per heavy atom. The number of hydrogen-bond acceptors (Lipinski definition) is 5. The van der Waals surface area contributed by atoms with Crippen LogP contribution in [0.3, 0.4) is 0 Å². The van der Waals surface area contributed by atoms with Crippen LogP contribution in [0.5, 0.6) is 0 Å². The van der Waals surface area contributed by atoms with Crippen molar-refractivity contribution in [2.24, 2.45) is 0 Å². The summed E-state index contributed by atoms with van der Waals surface area (Å²) >= 11 is 6.44. The van der Waals surface area contributed by atoms with Gasteiger partial charge in [-0.3, -0.25) is 4.79 Å². The van der Waals surface area contributed by atoms with Crippen LogP contribution in [0.1, 0.15) is 38.6 Å². The van der Waals surface area contributed by atoms with Crippen molar-refractivity contribution in [3.8, 4) is 5.69 Å². The van der Waals surface area contributed by atoms with Gasteiger partial charge in [0.2, 0.25) is 0 Å². The predicted octanol–water partition coefficient (Wildman–Crippen LogP) is 4.80. The van der Waals surface area contributed by atoms with E-state index < -0.39 is 18.5 Å². The molecule has 0 aliphatic carbocycles. The number of nitrogens with zero attached hydrogens (tertiary/aromatic N) is 4. The number of esters is 1. The number of anilines is 1. The van der Waals surface area contributed by atoms with Gasteiger partial charge in [0, 0.05) is 0 Å². The molecule has 0 fully saturated rings. The fourth-order valence-corrected chi connectivity index (χ4v) is 4.09. The van der Waals surface area contributed by atoms with E-state index in [1.54, 1.807) is 23.2 Å². The molecule has 2 aromatic carbocycles. The van der Waals surface area contributed by atoms with Crippen LogP contribution in [0.2, 0.25) is 5.15 Å². The number of ether oxygens (including phenoxy) is 1. The molecule has 0 spiro atoms. The quantitative estimate of drug-likeness (QED) is 0.375. The van der Waals surface area contributed by atoms with Gasteiger partial charge in [0.1, 0.15) is 10.7 Å². The first kappa shape index (κ1) is 24.2. The molecule has 9 heteroatoms. The first-order chi connectivity index (χ1) is 16.7. The molecule has 1 amide bonds. The second kappa shape index (κ2) is 10.1. The van der Waals surface area contributed by atoms with Crippen LogP contribution < -0.4 is 5.32 Å². The highest BCUT2D eigenvalue weighted by Crippen LogP contribution is 2.24. The SMILES string of the molecule is Cc1ccc(Cn2nc(C)c(C(=O)OCC(=O)Nc3c(C)nn(-c4ccccc4)c3C)c2Cl)cc1. The third kappa shape index (κ3) is 5.27. The molecule has 4 rings (SSSR count). The number of hydrogen-bond donors (Lipinski definition) is 1. The Morgan fingerprint density at radius 2 is 1.63 bits per heavy atom. The van der Waals surface area contributed by atoms with Crippen molar-refractivity contribution in [1.82, 2.24) is 19.6 Å². The minimum atomic E-state index is -0.703. The minimum Gasteiger partial charge on any atom is -0.452 e. The molecule has 8 nitrogen and oxygen atoms in total. The summed E-state index contributed by atoms with van der Waals surface area (Å²) in [4.78, 5) is 25.3. The Bertz CT molecular complexity index is 1370. The fourth-order valence-electron chi connectivity index (χ4n) is 3.78. The van der Waals surface area contributed by atoms with Crippen molar-refractivity contribution in [3.05, 3.63) is 93.5 Å². The lowest BCUT2D eigenvalue weighted by Crippen LogP contribution is -2.22. The largest absolute Gasteiger partial charge is 0.452 e. The molecule has 0 unspecified atom stereocenters. The second-order valence-electron chi connectivity index (χ2n) is 8.31. The summed E-state index contributed by atoms with van der Waals surface area (Å²) in [5.74, 6) is -1.18. The van der Waals surface area contributed by atoms with E-state index in [1.165, 1.54) is 0 Å². The third-order valence-corrected chi connectivity index (χ3v) is 6.00. The number of rotatable bonds is 7. The smallest absolute Gasteiger partial charge is 0.343 e. The standard InChI is InChI=1S/C26H26ClN5O3/c1-16-10-12-20(13-11-16)14-31-25(27)23(17(2)29-31)26(34)35-15-22(33)28-24-18(3)30-32(19(24)4)21-8-6-5-7-9-21/h5-13H,14-15H2,1-4H3,(H,28,33). The van der Waals surface area contributed by atoms with E-state index in [1.807, 2.05) is 68.4 Å². The van der Waals surface area contributed by atoms with Gasteiger partial charge in [0.05, 0.1) is 35.0 Å². The molecule has 2 aromatic heterocycles. The van der Waals surface area contributed by atoms with Gasteiger partial charge in [-0.15, -0.1) is 0 Å². The molecular formula is C26H26ClN5O3. The Labute approximate surface area is 208 Å². The van der Waals surface area contributed by atoms with Crippen LogP contribution >= 0.6 is 11.6 Å². The summed E-state index contributed by atoms with van der Waals surface area (Å²) in [7, 11) is 0. The van der Waals surface area contributed by atoms with E-state index in [4.69, 9.17) is 16.3 Å². The molecule has 0 radical (unpaired) electrons. The average Bonchev–Trinajstić information content (AvgIpc) is 3.28. The fraction of sp³-hybridized carbons (Fsp3) is 0.231. The molecule has 0 bridgehead atoms. The van der Waals surface area contributed by atoms with E-state index >= 15 is 0 Å². The average molecular weight is 492 g/mol. The number of nitrogens with one attached hydrogen (secondary N) is 1. The lowest BCUT2D eigenvalue weighted by atomic mass is 10.1. The van der Waals surface area contributed by atoms with Gasteiger partial charge in [-0.05, 0) is 45.4 Å². The maximum absolute atomic E-state index is 12.7. The van der Waals surface area contributed by atoms with Gasteiger partial charge >= 0.3 is 5.97 Å². The van der Waals surface area contributed by atoms with Crippen molar-refractivity contribution in [3.63, 3.8) is 0 Å². The second-order valence-corrected chi connectivity index (χ2v) is 8.67. The minimum absolute atomic E-state index is 0.149. The lowest BCUT2D eigenvalue weighted by Gasteiger charge is -2.08. The molecule has 35 heavy (non-hydrogen) atoms. The van der Waals surface area contributed by atoms with Gasteiger partial charge < -0.3 is 10.1 Å². The zero-order chi connectivity index (χ0) is 25.1. The maximum Gasteiger partial charge on any atom is 0.343 e. The molecule has 0 atom stereocenters. The maximum atomic E-state index is 12.7. The third-order valence-electron chi connectivity index (χ3n) is 5.61. The topological polar surface area (TPSA) is 91.0 Å². The number of benzene rings is 2. The highest BCUT2D eigenvalue weighted by Gasteiger charge is 2.23. The summed E-state index contributed by atoms with van der Waals surface area (Å²) in [6.07, 6.45) is 0. The number of halogens is 1. The normalized spacial score (nSPS) is 10.9. The number of aryl methyl sites for hydroxylation is 3. The monoisotopic (exact) mass is 491 g/mol. The van der Waals surface area contributed by atoms with Crippen molar-refractivity contribution >= 4 is 29.2 Å². The molecule has 2 heterocycles. The van der Waals surface area contributed by atoms with Gasteiger partial charge in [-0.2, -0.15) is 10.2 Å². The number of carbonyl (C=O) groups excluding carboxylic acids is 2. The van der Waals surface area contributed by atoms with Crippen molar-refractivity contribution in [2.45, 2.75) is 34.2 Å². The van der Waals surface area contributed by atoms with Crippen molar-refractivity contribution in [1.29, 1.82) is 0 Å². The highest BCUT2D eigenvalue weighted by molar-refractivity contribution is 6.32. The van der Waals surface area contributed by atoms with Crippen LogP contribution in [-0.2, 0) is 16.1 Å². The molecule has 4 aromatic rings. The first-order valence-electron chi connectivity index (χ1n) is 11.1. The van der Waals surface area contributed by atoms with Gasteiger partial charge in [0.15, 0.2) is 6.61 Å². The number of aromatic nitrogens is 4. The van der Waals surface area contributed by atoms with Crippen LogP contribution in [0.25, 0.3) is 5.69 Å². The van der Waals surface area contributed by atoms with Gasteiger partial charge in [-0.25, -0.2) is 14.2 Å². The molecular weight excluding hydrogens is 466 g/mol. The lowest BCUT2D eigenvalue weighted by molar-refractivity contribution is -0.119. The number of carbonyl (C=O) groups is 2. The Morgan fingerprint density at radius 3 is 2.31 bits per heavy atom. The van der Waals surface area contributed by atoms with Crippen LogP contribution in [0.4, 0.5) is 5.69 Å². The van der Waals surface area contributed by atoms with Gasteiger partial charge in [0.25, 0.3) is 5.91 Å². The van der Waals surface area contributed by atoms with E-state index in [9.17, 15) is 9.59 Å². The van der Waals surface area contributed by atoms with E-state index in [0.29, 0.717) is 23.6 Å². The Balaban J connectivity index is 1.41. The Kier molecular flexibility index (Phi) is 7.02. The highest BCUT2D eigenvalue weighted by atomic mass is 35.5. The van der Waals surface area contributed by atoms with Crippen LogP contribution in [0.15, 0.2) is 54.6 Å². The molecule has 0 saturated carbocycles. The molecule has 180 valence electrons. The van der Waals surface area contributed by atoms with Gasteiger partial charge in [-0.1, -0.05) is 59.6 Å². The summed E-state index contributed by atoms with van der Waals surface area (Å²) in [6, 6.07) is 17.6. The summed E-state index contributed by atoms with van der Waals surface area (Å²) in [6.45, 7) is 7.31. The first-order valence-corrected chi connectivity index (χ1v) is 11.5. The zero-order valence-corrected chi connectivity index (χ0v) is 20.8. The zero-order valence-electron chi connectivity index (χ0n) is 20.0. The van der Waals surface area contributed by atoms with Crippen LogP contribution in [-0.4, -0.2) is 38.0 Å². The van der Waals surface area contributed by atoms with E-state index in [0.717, 1.165) is 22.5 Å². The van der Waals surface area contributed by atoms with E-state index in [2.05, 4.69) is 15.5 Å². The number of amides is 1. The Hall–Kier alpha value is -3.91. The molecule has 1 N–H and O–H groups in total. The predicted molar refractivity (Wildman–Crippen MR) is 134 cm³/mol. The summed E-state index contributed by atoms with van der Waals surface area (Å²) in [5, 5.41) is 11.8. The number of para-hydroxylation sites is 1. The van der Waals surface area contributed by atoms with Crippen molar-refractivity contribution < 1.29 is 14.3 Å². The van der Waals surface area contributed by atoms with E-state index in [-0.39, 0.29) is 10.7 Å².